The quantitative estimate of drug-likeness (QED) is 0.145. The van der Waals surface area contributed by atoms with E-state index in [1.54, 1.807) is 0 Å². The number of unbranched alkanes of at least 4 members (excludes halogenated alkanes) is 4. The van der Waals surface area contributed by atoms with E-state index >= 15 is 0 Å². The number of nitrogens with one attached hydrogen (secondary N) is 3. The molecule has 0 aliphatic heterocycles. The Kier molecular flexibility index (Phi) is 14.4. The number of aliphatic hydroxyl groups excluding tert-OH is 2. The average molecular weight is 433 g/mol. The first kappa shape index (κ1) is 27.8. The zero-order valence-corrected chi connectivity index (χ0v) is 17.7. The van der Waals surface area contributed by atoms with E-state index in [2.05, 4.69) is 17.6 Å². The number of carboxylic acid groups (broad SMARTS) is 1. The van der Waals surface area contributed by atoms with Crippen molar-refractivity contribution < 1.29 is 34.5 Å². The summed E-state index contributed by atoms with van der Waals surface area (Å²) in [6.45, 7) is 2.58. The number of carboxylic acids is 1. The number of aliphatic carboxylic acids is 1. The fraction of sp³-hybridized carbons (Fsp3) is 0.789. The molecule has 0 bridgehead atoms. The van der Waals surface area contributed by atoms with Gasteiger partial charge in [0.2, 0.25) is 17.7 Å². The van der Waals surface area contributed by atoms with E-state index in [-0.39, 0.29) is 25.3 Å². The molecule has 11 heteroatoms. The van der Waals surface area contributed by atoms with Crippen LogP contribution in [0.3, 0.4) is 0 Å². The number of carbonyl (C=O) groups excluding carboxylic acids is 3. The van der Waals surface area contributed by atoms with Gasteiger partial charge in [0, 0.05) is 6.42 Å². The molecule has 0 aromatic heterocycles. The van der Waals surface area contributed by atoms with Crippen LogP contribution in [0.4, 0.5) is 0 Å². The summed E-state index contributed by atoms with van der Waals surface area (Å²) >= 11 is 0. The average Bonchev–Trinajstić information content (AvgIpc) is 2.68. The van der Waals surface area contributed by atoms with Crippen molar-refractivity contribution in [3.05, 3.63) is 0 Å². The highest BCUT2D eigenvalue weighted by Gasteiger charge is 2.31. The summed E-state index contributed by atoms with van der Waals surface area (Å²) in [6, 6.07) is -4.06. The van der Waals surface area contributed by atoms with Gasteiger partial charge in [-0.1, -0.05) is 32.6 Å². The minimum Gasteiger partial charge on any atom is -0.480 e. The first-order valence-electron chi connectivity index (χ1n) is 10.3. The summed E-state index contributed by atoms with van der Waals surface area (Å²) in [5, 5.41) is 34.7. The molecule has 4 atom stereocenters. The molecule has 30 heavy (non-hydrogen) atoms. The molecular formula is C19H36N4O7. The lowest BCUT2D eigenvalue weighted by atomic mass is 10.1. The number of rotatable bonds is 16. The van der Waals surface area contributed by atoms with Crippen LogP contribution in [-0.2, 0) is 19.2 Å². The third kappa shape index (κ3) is 11.1. The minimum atomic E-state index is -1.58. The standard InChI is InChI=1S/C19H36N4O7/c1-3-4-5-6-7-8-15(26)21-13(9-10-20)17(27)23-16(12(2)25)18(28)22-14(11-24)19(29)30/h12-14,16,24-25H,3-11,20H2,1-2H3,(H,21,26)(H,22,28)(H,23,27)(H,29,30)/t12-,13+,14+,16+/m1/s1. The zero-order chi connectivity index (χ0) is 23.1. The Hall–Kier alpha value is -2.24. The first-order valence-corrected chi connectivity index (χ1v) is 10.3. The van der Waals surface area contributed by atoms with Gasteiger partial charge in [0.15, 0.2) is 0 Å². The second kappa shape index (κ2) is 15.6. The first-order chi connectivity index (χ1) is 14.2. The van der Waals surface area contributed by atoms with E-state index in [4.69, 9.17) is 15.9 Å². The predicted octanol–water partition coefficient (Wildman–Crippen LogP) is -1.39. The zero-order valence-electron chi connectivity index (χ0n) is 17.7. The Balaban J connectivity index is 4.90. The van der Waals surface area contributed by atoms with E-state index in [0.717, 1.165) is 25.7 Å². The van der Waals surface area contributed by atoms with Crippen LogP contribution in [0.5, 0.6) is 0 Å². The maximum Gasteiger partial charge on any atom is 0.328 e. The smallest absolute Gasteiger partial charge is 0.328 e. The van der Waals surface area contributed by atoms with Crippen molar-refractivity contribution in [2.24, 2.45) is 5.73 Å². The van der Waals surface area contributed by atoms with Crippen molar-refractivity contribution in [1.82, 2.24) is 16.0 Å². The number of carbonyl (C=O) groups is 4. The van der Waals surface area contributed by atoms with Crippen LogP contribution in [0, 0.1) is 0 Å². The number of hydrogen-bond acceptors (Lipinski definition) is 7. The molecule has 0 aliphatic carbocycles. The van der Waals surface area contributed by atoms with E-state index in [1.165, 1.54) is 6.92 Å². The summed E-state index contributed by atoms with van der Waals surface area (Å²) < 4.78 is 0. The second-order valence-corrected chi connectivity index (χ2v) is 7.17. The highest BCUT2D eigenvalue weighted by atomic mass is 16.4. The SMILES string of the molecule is CCCCCCCC(=O)N[C@@H](CCN)C(=O)N[C@H](C(=O)N[C@@H](CO)C(=O)O)[C@@H](C)O. The lowest BCUT2D eigenvalue weighted by molar-refractivity contribution is -0.144. The van der Waals surface area contributed by atoms with E-state index in [1.807, 2.05) is 5.32 Å². The van der Waals surface area contributed by atoms with Gasteiger partial charge in [-0.3, -0.25) is 14.4 Å². The molecule has 3 amide bonds. The fourth-order valence-corrected chi connectivity index (χ4v) is 2.70. The van der Waals surface area contributed by atoms with Crippen LogP contribution in [0.15, 0.2) is 0 Å². The molecule has 0 aromatic rings. The predicted molar refractivity (Wildman–Crippen MR) is 109 cm³/mol. The monoisotopic (exact) mass is 432 g/mol. The number of aliphatic hydroxyl groups is 2. The lowest BCUT2D eigenvalue weighted by Crippen LogP contribution is -2.59. The van der Waals surface area contributed by atoms with Gasteiger partial charge in [0.1, 0.15) is 18.1 Å². The highest BCUT2D eigenvalue weighted by Crippen LogP contribution is 2.05. The third-order valence-electron chi connectivity index (χ3n) is 4.47. The maximum atomic E-state index is 12.6. The normalized spacial score (nSPS) is 14.8. The molecule has 0 saturated heterocycles. The summed E-state index contributed by atoms with van der Waals surface area (Å²) in [4.78, 5) is 47.9. The number of amides is 3. The topological polar surface area (TPSA) is 191 Å². The van der Waals surface area contributed by atoms with Gasteiger partial charge in [-0.25, -0.2) is 4.79 Å². The van der Waals surface area contributed by atoms with Crippen LogP contribution in [0.25, 0.3) is 0 Å². The van der Waals surface area contributed by atoms with Crippen molar-refractivity contribution in [1.29, 1.82) is 0 Å². The Morgan fingerprint density at radius 3 is 2.07 bits per heavy atom. The molecular weight excluding hydrogens is 396 g/mol. The fourth-order valence-electron chi connectivity index (χ4n) is 2.70. The molecule has 0 radical (unpaired) electrons. The Morgan fingerprint density at radius 2 is 1.57 bits per heavy atom. The summed E-state index contributed by atoms with van der Waals surface area (Å²) in [6.07, 6.45) is 3.86. The molecule has 0 aromatic carbocycles. The highest BCUT2D eigenvalue weighted by molar-refractivity contribution is 5.93. The molecule has 174 valence electrons. The van der Waals surface area contributed by atoms with Gasteiger partial charge in [0.25, 0.3) is 0 Å². The molecule has 11 nitrogen and oxygen atoms in total. The van der Waals surface area contributed by atoms with Gasteiger partial charge < -0.3 is 37.0 Å². The molecule has 0 aliphatic rings. The van der Waals surface area contributed by atoms with Crippen LogP contribution < -0.4 is 21.7 Å². The third-order valence-corrected chi connectivity index (χ3v) is 4.47. The van der Waals surface area contributed by atoms with Crippen molar-refractivity contribution in [2.75, 3.05) is 13.2 Å². The van der Waals surface area contributed by atoms with Gasteiger partial charge in [0.05, 0.1) is 12.7 Å². The Labute approximate surface area is 176 Å². The van der Waals surface area contributed by atoms with Crippen LogP contribution in [0.2, 0.25) is 0 Å². The van der Waals surface area contributed by atoms with Gasteiger partial charge >= 0.3 is 5.97 Å². The second-order valence-electron chi connectivity index (χ2n) is 7.17. The lowest BCUT2D eigenvalue weighted by Gasteiger charge is -2.25. The molecule has 0 fully saturated rings. The summed E-state index contributed by atoms with van der Waals surface area (Å²) in [5.41, 5.74) is 5.51. The van der Waals surface area contributed by atoms with Crippen LogP contribution in [-0.4, -0.2) is 76.4 Å². The van der Waals surface area contributed by atoms with Gasteiger partial charge in [-0.15, -0.1) is 0 Å². The van der Waals surface area contributed by atoms with Crippen molar-refractivity contribution in [3.63, 3.8) is 0 Å². The largest absolute Gasteiger partial charge is 0.480 e. The summed E-state index contributed by atoms with van der Waals surface area (Å²) in [5.74, 6) is -3.48. The van der Waals surface area contributed by atoms with E-state index in [0.29, 0.717) is 6.42 Å². The number of nitrogens with two attached hydrogens (primary N) is 1. The number of hydrogen-bond donors (Lipinski definition) is 7. The van der Waals surface area contributed by atoms with Gasteiger partial charge in [-0.05, 0) is 26.3 Å². The van der Waals surface area contributed by atoms with Crippen LogP contribution >= 0.6 is 0 Å². The van der Waals surface area contributed by atoms with Gasteiger partial charge in [-0.2, -0.15) is 0 Å². The summed E-state index contributed by atoms with van der Waals surface area (Å²) in [7, 11) is 0. The molecule has 8 N–H and O–H groups in total. The molecule has 0 unspecified atom stereocenters. The Bertz CT molecular complexity index is 557. The van der Waals surface area contributed by atoms with E-state index in [9.17, 15) is 24.3 Å². The van der Waals surface area contributed by atoms with Crippen LogP contribution in [0.1, 0.15) is 58.8 Å². The van der Waals surface area contributed by atoms with Crippen molar-refractivity contribution in [3.8, 4) is 0 Å². The minimum absolute atomic E-state index is 0.103. The molecule has 0 spiro atoms. The molecule has 0 saturated carbocycles. The van der Waals surface area contributed by atoms with Crippen molar-refractivity contribution in [2.45, 2.75) is 83.0 Å². The maximum absolute atomic E-state index is 12.6. The van der Waals surface area contributed by atoms with E-state index < -0.39 is 48.6 Å². The molecule has 0 heterocycles. The Morgan fingerprint density at radius 1 is 0.933 bits per heavy atom. The molecule has 0 rings (SSSR count). The van der Waals surface area contributed by atoms with Crippen molar-refractivity contribution >= 4 is 23.7 Å².